The summed E-state index contributed by atoms with van der Waals surface area (Å²) in [5.74, 6) is 0. The Morgan fingerprint density at radius 1 is 1.23 bits per heavy atom. The van der Waals surface area contributed by atoms with Gasteiger partial charge >= 0.3 is 0 Å². The second-order valence-electron chi connectivity index (χ2n) is 4.06. The Morgan fingerprint density at radius 2 is 1.92 bits per heavy atom. The molecule has 1 rings (SSSR count). The van der Waals surface area contributed by atoms with E-state index in [1.165, 1.54) is 32.1 Å². The molecule has 0 radical (unpaired) electrons. The van der Waals surface area contributed by atoms with Crippen molar-refractivity contribution in [1.29, 1.82) is 0 Å². The van der Waals surface area contributed by atoms with Crippen LogP contribution in [-0.2, 0) is 0 Å². The zero-order valence-electron chi connectivity index (χ0n) is 9.27. The van der Waals surface area contributed by atoms with Crippen LogP contribution in [0.4, 0.5) is 0 Å². The van der Waals surface area contributed by atoms with Crippen LogP contribution < -0.4 is 0 Å². The Kier molecular flexibility index (Phi) is 3.77. The van der Waals surface area contributed by atoms with Gasteiger partial charge in [-0.3, -0.25) is 0 Å². The predicted octanol–water partition coefficient (Wildman–Crippen LogP) is 4.48. The molecule has 1 aliphatic carbocycles. The van der Waals surface area contributed by atoms with E-state index in [-0.39, 0.29) is 0 Å². The fourth-order valence-corrected chi connectivity index (χ4v) is 2.54. The number of rotatable bonds is 5. The highest BCUT2D eigenvalue weighted by molar-refractivity contribution is 5.28. The Morgan fingerprint density at radius 3 is 2.31 bits per heavy atom. The smallest absolute Gasteiger partial charge is 0.00872 e. The third kappa shape index (κ3) is 2.04. The molecule has 0 aliphatic heterocycles. The van der Waals surface area contributed by atoms with Gasteiger partial charge in [0.1, 0.15) is 0 Å². The van der Waals surface area contributed by atoms with Crippen LogP contribution in [0.5, 0.6) is 0 Å². The molecule has 0 nitrogen and oxygen atoms in total. The van der Waals surface area contributed by atoms with E-state index in [0.29, 0.717) is 5.41 Å². The van der Waals surface area contributed by atoms with Gasteiger partial charge in [-0.15, -0.1) is 0 Å². The van der Waals surface area contributed by atoms with E-state index < -0.39 is 0 Å². The van der Waals surface area contributed by atoms with Gasteiger partial charge in [0, 0.05) is 0 Å². The second-order valence-corrected chi connectivity index (χ2v) is 4.06. The first-order valence-electron chi connectivity index (χ1n) is 5.65. The van der Waals surface area contributed by atoms with Crippen LogP contribution in [0.15, 0.2) is 23.8 Å². The lowest BCUT2D eigenvalue weighted by Gasteiger charge is -2.33. The quantitative estimate of drug-likeness (QED) is 0.582. The zero-order chi connectivity index (χ0) is 9.73. The summed E-state index contributed by atoms with van der Waals surface area (Å²) in [6, 6.07) is 0. The largest absolute Gasteiger partial charge is 0.0804 e. The number of hydrogen-bond donors (Lipinski definition) is 0. The van der Waals surface area contributed by atoms with Crippen molar-refractivity contribution < 1.29 is 0 Å². The lowest BCUT2D eigenvalue weighted by molar-refractivity contribution is 0.294. The Labute approximate surface area is 82.7 Å². The number of hydrogen-bond acceptors (Lipinski definition) is 0. The Bertz CT molecular complexity index is 204. The van der Waals surface area contributed by atoms with E-state index in [4.69, 9.17) is 0 Å². The van der Waals surface area contributed by atoms with Crippen molar-refractivity contribution in [2.24, 2.45) is 5.41 Å². The van der Waals surface area contributed by atoms with Crippen molar-refractivity contribution in [3.8, 4) is 0 Å². The fraction of sp³-hybridized carbons (Fsp3) is 0.692. The molecule has 0 heterocycles. The van der Waals surface area contributed by atoms with Crippen molar-refractivity contribution in [2.75, 3.05) is 0 Å². The standard InChI is InChI=1S/C13H22/c1-4-11-13(5-2,6-3)12-9-7-8-10-12/h7-9H,4-6,10-11H2,1-3H3. The van der Waals surface area contributed by atoms with E-state index in [1.54, 1.807) is 5.57 Å². The summed E-state index contributed by atoms with van der Waals surface area (Å²) in [6.45, 7) is 6.96. The summed E-state index contributed by atoms with van der Waals surface area (Å²) >= 11 is 0. The number of allylic oxidation sites excluding steroid dienone is 4. The molecule has 0 aromatic heterocycles. The first-order valence-corrected chi connectivity index (χ1v) is 5.65. The molecular weight excluding hydrogens is 156 g/mol. The summed E-state index contributed by atoms with van der Waals surface area (Å²) in [7, 11) is 0. The minimum atomic E-state index is 0.512. The Hall–Kier alpha value is -0.520. The van der Waals surface area contributed by atoms with E-state index in [0.717, 1.165) is 0 Å². The highest BCUT2D eigenvalue weighted by Gasteiger charge is 2.29. The van der Waals surface area contributed by atoms with Crippen LogP contribution in [0.25, 0.3) is 0 Å². The first kappa shape index (κ1) is 10.6. The molecule has 13 heavy (non-hydrogen) atoms. The van der Waals surface area contributed by atoms with Crippen molar-refractivity contribution in [3.63, 3.8) is 0 Å². The summed E-state index contributed by atoms with van der Waals surface area (Å²) in [5.41, 5.74) is 2.18. The molecule has 0 fully saturated rings. The maximum absolute atomic E-state index is 2.34. The van der Waals surface area contributed by atoms with Crippen molar-refractivity contribution in [3.05, 3.63) is 23.8 Å². The molecule has 1 aliphatic rings. The van der Waals surface area contributed by atoms with Crippen molar-refractivity contribution in [1.82, 2.24) is 0 Å². The normalized spacial score (nSPS) is 16.4. The van der Waals surface area contributed by atoms with Crippen LogP contribution >= 0.6 is 0 Å². The van der Waals surface area contributed by atoms with Gasteiger partial charge in [-0.25, -0.2) is 0 Å². The highest BCUT2D eigenvalue weighted by atomic mass is 14.3. The lowest BCUT2D eigenvalue weighted by atomic mass is 9.72. The summed E-state index contributed by atoms with van der Waals surface area (Å²) in [4.78, 5) is 0. The van der Waals surface area contributed by atoms with Crippen LogP contribution in [0.3, 0.4) is 0 Å². The van der Waals surface area contributed by atoms with Gasteiger partial charge < -0.3 is 0 Å². The minimum absolute atomic E-state index is 0.512. The molecule has 74 valence electrons. The van der Waals surface area contributed by atoms with Crippen LogP contribution in [0, 0.1) is 5.41 Å². The highest BCUT2D eigenvalue weighted by Crippen LogP contribution is 2.42. The second kappa shape index (κ2) is 4.64. The molecule has 0 aromatic carbocycles. The average molecular weight is 178 g/mol. The van der Waals surface area contributed by atoms with E-state index in [9.17, 15) is 0 Å². The van der Waals surface area contributed by atoms with E-state index in [1.807, 2.05) is 0 Å². The van der Waals surface area contributed by atoms with Crippen LogP contribution in [-0.4, -0.2) is 0 Å². The zero-order valence-corrected chi connectivity index (χ0v) is 9.27. The van der Waals surface area contributed by atoms with Crippen LogP contribution in [0.2, 0.25) is 0 Å². The molecule has 0 unspecified atom stereocenters. The molecule has 0 atom stereocenters. The molecule has 0 heteroatoms. The van der Waals surface area contributed by atoms with Gasteiger partial charge in [-0.1, -0.05) is 51.0 Å². The van der Waals surface area contributed by atoms with Crippen molar-refractivity contribution in [2.45, 2.75) is 52.9 Å². The van der Waals surface area contributed by atoms with Gasteiger partial charge in [0.05, 0.1) is 0 Å². The maximum Gasteiger partial charge on any atom is -0.00872 e. The maximum atomic E-state index is 2.34. The molecule has 0 aromatic rings. The molecule has 0 amide bonds. The van der Waals surface area contributed by atoms with Crippen molar-refractivity contribution >= 4 is 0 Å². The SMILES string of the molecule is CCCC(CC)(CC)C1=CC=CC1. The molecule has 0 saturated heterocycles. The third-order valence-electron chi connectivity index (χ3n) is 3.53. The average Bonchev–Trinajstić information content (AvgIpc) is 2.68. The van der Waals surface area contributed by atoms with Gasteiger partial charge in [-0.05, 0) is 31.1 Å². The molecule has 0 saturated carbocycles. The minimum Gasteiger partial charge on any atom is -0.0804 e. The van der Waals surface area contributed by atoms with Gasteiger partial charge in [0.2, 0.25) is 0 Å². The third-order valence-corrected chi connectivity index (χ3v) is 3.53. The Balaban J connectivity index is 2.76. The van der Waals surface area contributed by atoms with Gasteiger partial charge in [0.25, 0.3) is 0 Å². The van der Waals surface area contributed by atoms with Crippen LogP contribution in [0.1, 0.15) is 52.9 Å². The van der Waals surface area contributed by atoms with E-state index in [2.05, 4.69) is 39.0 Å². The predicted molar refractivity (Wildman–Crippen MR) is 59.8 cm³/mol. The molecule has 0 N–H and O–H groups in total. The lowest BCUT2D eigenvalue weighted by Crippen LogP contribution is -2.20. The topological polar surface area (TPSA) is 0 Å². The summed E-state index contributed by atoms with van der Waals surface area (Å²) in [5, 5.41) is 0. The summed E-state index contributed by atoms with van der Waals surface area (Å²) in [6.07, 6.45) is 13.3. The molecular formula is C13H22. The first-order chi connectivity index (χ1) is 6.29. The molecule has 0 spiro atoms. The monoisotopic (exact) mass is 178 g/mol. The molecule has 0 bridgehead atoms. The van der Waals surface area contributed by atoms with Gasteiger partial charge in [-0.2, -0.15) is 0 Å². The fourth-order valence-electron chi connectivity index (χ4n) is 2.54. The van der Waals surface area contributed by atoms with Gasteiger partial charge in [0.15, 0.2) is 0 Å². The van der Waals surface area contributed by atoms with E-state index >= 15 is 0 Å². The summed E-state index contributed by atoms with van der Waals surface area (Å²) < 4.78 is 0.